The van der Waals surface area contributed by atoms with Gasteiger partial charge in [0.15, 0.2) is 0 Å². The van der Waals surface area contributed by atoms with Crippen LogP contribution in [0.15, 0.2) is 0 Å². The number of aliphatic hydroxyl groups is 1. The molecule has 1 rings (SSSR count). The lowest BCUT2D eigenvalue weighted by molar-refractivity contribution is -0.129. The molecular weight excluding hydrogens is 204 g/mol. The summed E-state index contributed by atoms with van der Waals surface area (Å²) in [6.07, 6.45) is 5.27. The molecule has 0 atom stereocenters. The molecule has 0 aliphatic carbocycles. The molecule has 1 amide bonds. The summed E-state index contributed by atoms with van der Waals surface area (Å²) < 4.78 is 0. The summed E-state index contributed by atoms with van der Waals surface area (Å²) in [5, 5.41) is 12.2. The fourth-order valence-electron chi connectivity index (χ4n) is 2.12. The monoisotopic (exact) mass is 228 g/mol. The molecule has 0 aromatic heterocycles. The fourth-order valence-corrected chi connectivity index (χ4v) is 2.12. The molecule has 2 N–H and O–H groups in total. The van der Waals surface area contributed by atoms with E-state index in [0.29, 0.717) is 12.6 Å². The molecule has 0 aromatic carbocycles. The van der Waals surface area contributed by atoms with E-state index in [1.165, 1.54) is 0 Å². The Balaban J connectivity index is 2.02. The average Bonchev–Trinajstić information content (AvgIpc) is 2.29. The number of unbranched alkanes of at least 4 members (excludes halogenated alkanes) is 2. The van der Waals surface area contributed by atoms with E-state index in [1.807, 2.05) is 4.90 Å². The maximum atomic E-state index is 11.1. The standard InChI is InChI=1S/C12H24N2O2/c1-11(16)14-8-5-12(6-9-14)13-7-3-2-4-10-15/h12-13,15H,2-10H2,1H3. The fraction of sp³-hybridized carbons (Fsp3) is 0.917. The number of piperidine rings is 1. The number of carbonyl (C=O) groups is 1. The third kappa shape index (κ3) is 4.94. The van der Waals surface area contributed by atoms with Crippen LogP contribution in [0.25, 0.3) is 0 Å². The minimum atomic E-state index is 0.196. The van der Waals surface area contributed by atoms with E-state index in [1.54, 1.807) is 6.92 Å². The highest BCUT2D eigenvalue weighted by molar-refractivity contribution is 5.73. The van der Waals surface area contributed by atoms with Gasteiger partial charge in [-0.05, 0) is 38.6 Å². The van der Waals surface area contributed by atoms with Gasteiger partial charge in [0.2, 0.25) is 5.91 Å². The molecule has 0 radical (unpaired) electrons. The number of likely N-dealkylation sites (tertiary alicyclic amines) is 1. The Labute approximate surface area is 98.0 Å². The first kappa shape index (κ1) is 13.5. The molecule has 0 bridgehead atoms. The van der Waals surface area contributed by atoms with Crippen LogP contribution in [0.5, 0.6) is 0 Å². The van der Waals surface area contributed by atoms with Gasteiger partial charge in [0.05, 0.1) is 0 Å². The summed E-state index contributed by atoms with van der Waals surface area (Å²) in [7, 11) is 0. The predicted octanol–water partition coefficient (Wildman–Crippen LogP) is 0.749. The Morgan fingerprint density at radius 3 is 2.56 bits per heavy atom. The highest BCUT2D eigenvalue weighted by Crippen LogP contribution is 2.10. The average molecular weight is 228 g/mol. The van der Waals surface area contributed by atoms with Crippen molar-refractivity contribution in [3.05, 3.63) is 0 Å². The summed E-state index contributed by atoms with van der Waals surface area (Å²) in [5.41, 5.74) is 0. The maximum absolute atomic E-state index is 11.1. The number of amides is 1. The van der Waals surface area contributed by atoms with Crippen molar-refractivity contribution in [2.24, 2.45) is 0 Å². The van der Waals surface area contributed by atoms with Crippen LogP contribution in [0, 0.1) is 0 Å². The number of hydrogen-bond donors (Lipinski definition) is 2. The lowest BCUT2D eigenvalue weighted by atomic mass is 10.0. The Bertz CT molecular complexity index is 201. The molecule has 0 spiro atoms. The summed E-state index contributed by atoms with van der Waals surface area (Å²) in [5.74, 6) is 0.196. The largest absolute Gasteiger partial charge is 0.396 e. The van der Waals surface area contributed by atoms with Crippen molar-refractivity contribution in [1.82, 2.24) is 10.2 Å². The van der Waals surface area contributed by atoms with Crippen molar-refractivity contribution in [2.75, 3.05) is 26.2 Å². The Morgan fingerprint density at radius 2 is 2.00 bits per heavy atom. The molecule has 0 aromatic rings. The van der Waals surface area contributed by atoms with Crippen LogP contribution in [0.2, 0.25) is 0 Å². The van der Waals surface area contributed by atoms with E-state index < -0.39 is 0 Å². The van der Waals surface area contributed by atoms with Crippen molar-refractivity contribution >= 4 is 5.91 Å². The Hall–Kier alpha value is -0.610. The molecule has 4 nitrogen and oxygen atoms in total. The van der Waals surface area contributed by atoms with Gasteiger partial charge in [0, 0.05) is 32.7 Å². The molecular formula is C12H24N2O2. The number of nitrogens with zero attached hydrogens (tertiary/aromatic N) is 1. The molecule has 94 valence electrons. The van der Waals surface area contributed by atoms with E-state index >= 15 is 0 Å². The van der Waals surface area contributed by atoms with E-state index in [-0.39, 0.29) is 5.91 Å². The van der Waals surface area contributed by atoms with Gasteiger partial charge in [-0.1, -0.05) is 0 Å². The first-order valence-electron chi connectivity index (χ1n) is 6.34. The van der Waals surface area contributed by atoms with Crippen LogP contribution in [0.1, 0.15) is 39.0 Å². The quantitative estimate of drug-likeness (QED) is 0.660. The van der Waals surface area contributed by atoms with Gasteiger partial charge < -0.3 is 15.3 Å². The topological polar surface area (TPSA) is 52.6 Å². The lowest BCUT2D eigenvalue weighted by Crippen LogP contribution is -2.44. The van der Waals surface area contributed by atoms with Crippen LogP contribution in [-0.4, -0.2) is 48.2 Å². The second-order valence-electron chi connectivity index (χ2n) is 4.52. The normalized spacial score (nSPS) is 17.8. The van der Waals surface area contributed by atoms with Gasteiger partial charge in [0.25, 0.3) is 0 Å². The molecule has 4 heteroatoms. The molecule has 0 unspecified atom stereocenters. The van der Waals surface area contributed by atoms with Gasteiger partial charge in [-0.25, -0.2) is 0 Å². The van der Waals surface area contributed by atoms with Crippen molar-refractivity contribution < 1.29 is 9.90 Å². The van der Waals surface area contributed by atoms with Crippen LogP contribution < -0.4 is 5.32 Å². The van der Waals surface area contributed by atoms with Gasteiger partial charge in [-0.3, -0.25) is 4.79 Å². The highest BCUT2D eigenvalue weighted by atomic mass is 16.2. The number of aliphatic hydroxyl groups excluding tert-OH is 1. The zero-order valence-electron chi connectivity index (χ0n) is 10.2. The van der Waals surface area contributed by atoms with E-state index in [9.17, 15) is 4.79 Å². The third-order valence-electron chi connectivity index (χ3n) is 3.21. The number of rotatable bonds is 6. The van der Waals surface area contributed by atoms with E-state index in [4.69, 9.17) is 5.11 Å². The predicted molar refractivity (Wildman–Crippen MR) is 64.2 cm³/mol. The van der Waals surface area contributed by atoms with Gasteiger partial charge >= 0.3 is 0 Å². The first-order valence-corrected chi connectivity index (χ1v) is 6.34. The molecule has 0 saturated carbocycles. The summed E-state index contributed by atoms with van der Waals surface area (Å²) in [6, 6.07) is 0.574. The molecule has 1 saturated heterocycles. The summed E-state index contributed by atoms with van der Waals surface area (Å²) in [6.45, 7) is 4.76. The third-order valence-corrected chi connectivity index (χ3v) is 3.21. The van der Waals surface area contributed by atoms with Gasteiger partial charge in [0.1, 0.15) is 0 Å². The van der Waals surface area contributed by atoms with Crippen molar-refractivity contribution in [3.8, 4) is 0 Å². The van der Waals surface area contributed by atoms with Crippen molar-refractivity contribution in [3.63, 3.8) is 0 Å². The molecule has 16 heavy (non-hydrogen) atoms. The summed E-state index contributed by atoms with van der Waals surface area (Å²) >= 11 is 0. The minimum Gasteiger partial charge on any atom is -0.396 e. The second kappa shape index (κ2) is 7.63. The van der Waals surface area contributed by atoms with Crippen LogP contribution >= 0.6 is 0 Å². The Kier molecular flexibility index (Phi) is 6.42. The lowest BCUT2D eigenvalue weighted by Gasteiger charge is -2.31. The molecule has 1 heterocycles. The maximum Gasteiger partial charge on any atom is 0.219 e. The number of hydrogen-bond acceptors (Lipinski definition) is 3. The van der Waals surface area contributed by atoms with Crippen molar-refractivity contribution in [1.29, 1.82) is 0 Å². The van der Waals surface area contributed by atoms with Crippen molar-refractivity contribution in [2.45, 2.75) is 45.1 Å². The smallest absolute Gasteiger partial charge is 0.219 e. The zero-order valence-corrected chi connectivity index (χ0v) is 10.2. The van der Waals surface area contributed by atoms with Crippen LogP contribution in [0.4, 0.5) is 0 Å². The summed E-state index contributed by atoms with van der Waals surface area (Å²) in [4.78, 5) is 13.0. The van der Waals surface area contributed by atoms with E-state index in [0.717, 1.165) is 51.7 Å². The van der Waals surface area contributed by atoms with E-state index in [2.05, 4.69) is 5.32 Å². The number of nitrogens with one attached hydrogen (secondary N) is 1. The van der Waals surface area contributed by atoms with Crippen LogP contribution in [-0.2, 0) is 4.79 Å². The first-order chi connectivity index (χ1) is 7.74. The molecule has 1 aliphatic rings. The van der Waals surface area contributed by atoms with Crippen LogP contribution in [0.3, 0.4) is 0 Å². The number of carbonyl (C=O) groups excluding carboxylic acids is 1. The molecule has 1 aliphatic heterocycles. The SMILES string of the molecule is CC(=O)N1CCC(NCCCCCO)CC1. The van der Waals surface area contributed by atoms with Gasteiger partial charge in [-0.2, -0.15) is 0 Å². The zero-order chi connectivity index (χ0) is 11.8. The molecule has 1 fully saturated rings. The Morgan fingerprint density at radius 1 is 1.31 bits per heavy atom. The van der Waals surface area contributed by atoms with Gasteiger partial charge in [-0.15, -0.1) is 0 Å². The second-order valence-corrected chi connectivity index (χ2v) is 4.52. The highest BCUT2D eigenvalue weighted by Gasteiger charge is 2.19. The minimum absolute atomic E-state index is 0.196.